The van der Waals surface area contributed by atoms with Crippen molar-refractivity contribution in [2.24, 2.45) is 0 Å². The van der Waals surface area contributed by atoms with Crippen LogP contribution < -0.4 is 9.47 Å². The molecule has 0 spiro atoms. The quantitative estimate of drug-likeness (QED) is 0.358. The van der Waals surface area contributed by atoms with Gasteiger partial charge in [-0.25, -0.2) is 4.79 Å². The van der Waals surface area contributed by atoms with Crippen molar-refractivity contribution in [2.75, 3.05) is 19.6 Å². The molecule has 0 aliphatic heterocycles. The summed E-state index contributed by atoms with van der Waals surface area (Å²) in [6, 6.07) is 2.10. The van der Waals surface area contributed by atoms with E-state index in [4.69, 9.17) is 26.2 Å². The monoisotopic (exact) mass is 289 g/mol. The van der Waals surface area contributed by atoms with E-state index in [0.29, 0.717) is 12.3 Å². The lowest BCUT2D eigenvalue weighted by molar-refractivity contribution is -0.385. The molecule has 0 atom stereocenters. The third-order valence-corrected chi connectivity index (χ3v) is 2.51. The Kier molecular flexibility index (Phi) is 5.37. The van der Waals surface area contributed by atoms with Gasteiger partial charge in [0.05, 0.1) is 24.7 Å². The molecule has 19 heavy (non-hydrogen) atoms. The van der Waals surface area contributed by atoms with E-state index >= 15 is 0 Å². The molecule has 0 bridgehead atoms. The number of hydrogen-bond acceptors (Lipinski definition) is 5. The zero-order valence-corrected chi connectivity index (χ0v) is 10.8. The zero-order valence-electron chi connectivity index (χ0n) is 10.1. The molecule has 0 aromatic heterocycles. The van der Waals surface area contributed by atoms with E-state index in [-0.39, 0.29) is 18.1 Å². The van der Waals surface area contributed by atoms with Crippen LogP contribution in [0.2, 0.25) is 0 Å². The van der Waals surface area contributed by atoms with Crippen LogP contribution in [-0.2, 0) is 0 Å². The van der Waals surface area contributed by atoms with E-state index in [1.165, 1.54) is 7.11 Å². The van der Waals surface area contributed by atoms with Crippen LogP contribution in [0.4, 0.5) is 5.69 Å². The number of hydrogen-bond donors (Lipinski definition) is 1. The maximum atomic E-state index is 11.0. The van der Waals surface area contributed by atoms with Gasteiger partial charge in [0, 0.05) is 11.9 Å². The molecule has 1 aromatic rings. The summed E-state index contributed by atoms with van der Waals surface area (Å²) < 4.78 is 10.2. The van der Waals surface area contributed by atoms with Crippen molar-refractivity contribution in [1.29, 1.82) is 0 Å². The summed E-state index contributed by atoms with van der Waals surface area (Å²) in [7, 11) is 1.31. The van der Waals surface area contributed by atoms with Crippen LogP contribution in [0.3, 0.4) is 0 Å². The highest BCUT2D eigenvalue weighted by Crippen LogP contribution is 2.34. The summed E-state index contributed by atoms with van der Waals surface area (Å²) in [6.45, 7) is 0.261. The van der Waals surface area contributed by atoms with Crippen molar-refractivity contribution >= 4 is 23.3 Å². The van der Waals surface area contributed by atoms with Crippen molar-refractivity contribution in [1.82, 2.24) is 0 Å². The maximum absolute atomic E-state index is 11.0. The van der Waals surface area contributed by atoms with Gasteiger partial charge in [-0.05, 0) is 6.42 Å². The van der Waals surface area contributed by atoms with Gasteiger partial charge in [-0.3, -0.25) is 10.1 Å². The number of carboxylic acids is 1. The van der Waals surface area contributed by atoms with E-state index in [9.17, 15) is 14.9 Å². The molecule has 7 nitrogen and oxygen atoms in total. The molecule has 1 aromatic carbocycles. The molecule has 0 saturated carbocycles. The fourth-order valence-electron chi connectivity index (χ4n) is 1.38. The molecule has 0 aliphatic carbocycles. The van der Waals surface area contributed by atoms with Gasteiger partial charge in [-0.2, -0.15) is 0 Å². The maximum Gasteiger partial charge on any atom is 0.342 e. The normalized spacial score (nSPS) is 10.0. The highest BCUT2D eigenvalue weighted by Gasteiger charge is 2.24. The van der Waals surface area contributed by atoms with Crippen LogP contribution in [0.15, 0.2) is 12.1 Å². The smallest absolute Gasteiger partial charge is 0.342 e. The minimum Gasteiger partial charge on any atom is -0.493 e. The van der Waals surface area contributed by atoms with Gasteiger partial charge in [0.2, 0.25) is 0 Å². The number of carbonyl (C=O) groups is 1. The Morgan fingerprint density at radius 2 is 2.16 bits per heavy atom. The number of nitro benzene ring substituents is 1. The second kappa shape index (κ2) is 6.79. The van der Waals surface area contributed by atoms with Gasteiger partial charge in [0.1, 0.15) is 5.56 Å². The molecule has 0 saturated heterocycles. The highest BCUT2D eigenvalue weighted by atomic mass is 35.5. The third kappa shape index (κ3) is 3.72. The number of halogens is 1. The molecule has 8 heteroatoms. The first-order valence-electron chi connectivity index (χ1n) is 5.29. The first kappa shape index (κ1) is 15.0. The van der Waals surface area contributed by atoms with E-state index in [1.807, 2.05) is 0 Å². The van der Waals surface area contributed by atoms with E-state index in [0.717, 1.165) is 12.1 Å². The molecule has 1 rings (SSSR count). The summed E-state index contributed by atoms with van der Waals surface area (Å²) in [4.78, 5) is 21.0. The minimum absolute atomic E-state index is 0.103. The predicted octanol–water partition coefficient (Wildman–Crippen LogP) is 2.31. The first-order valence-corrected chi connectivity index (χ1v) is 5.83. The first-order chi connectivity index (χ1) is 9.01. The highest BCUT2D eigenvalue weighted by molar-refractivity contribution is 6.17. The van der Waals surface area contributed by atoms with Crippen molar-refractivity contribution < 1.29 is 24.3 Å². The number of alkyl halides is 1. The van der Waals surface area contributed by atoms with Crippen molar-refractivity contribution in [3.05, 3.63) is 27.8 Å². The lowest BCUT2D eigenvalue weighted by atomic mass is 10.1. The van der Waals surface area contributed by atoms with Gasteiger partial charge in [-0.1, -0.05) is 0 Å². The summed E-state index contributed by atoms with van der Waals surface area (Å²) in [5.41, 5.74) is -0.999. The second-order valence-corrected chi connectivity index (χ2v) is 3.85. The van der Waals surface area contributed by atoms with Gasteiger partial charge in [-0.15, -0.1) is 11.6 Å². The Labute approximate surface area is 113 Å². The largest absolute Gasteiger partial charge is 0.493 e. The number of nitrogens with zero attached hydrogens (tertiary/aromatic N) is 1. The summed E-state index contributed by atoms with van der Waals surface area (Å²) in [5.74, 6) is -0.778. The number of aromatic carboxylic acids is 1. The fraction of sp³-hybridized carbons (Fsp3) is 0.364. The van der Waals surface area contributed by atoms with E-state index in [1.54, 1.807) is 0 Å². The number of ether oxygens (including phenoxy) is 2. The van der Waals surface area contributed by atoms with Crippen LogP contribution >= 0.6 is 11.6 Å². The lowest BCUT2D eigenvalue weighted by Crippen LogP contribution is -2.06. The Balaban J connectivity index is 3.19. The zero-order chi connectivity index (χ0) is 14.4. The number of methoxy groups -OCH3 is 1. The Bertz CT molecular complexity index is 490. The van der Waals surface area contributed by atoms with Gasteiger partial charge in [0.25, 0.3) is 5.69 Å². The van der Waals surface area contributed by atoms with Crippen molar-refractivity contribution in [2.45, 2.75) is 6.42 Å². The molecule has 1 N–H and O–H groups in total. The molecule has 0 aliphatic rings. The van der Waals surface area contributed by atoms with Crippen LogP contribution in [0.5, 0.6) is 11.5 Å². The molecular weight excluding hydrogens is 278 g/mol. The fourth-order valence-corrected chi connectivity index (χ4v) is 1.49. The standard InChI is InChI=1S/C11H12ClNO6/c1-18-9-6-8(13(16)17)7(11(14)15)5-10(9)19-4-2-3-12/h5-6H,2-4H2,1H3,(H,14,15). The second-order valence-electron chi connectivity index (χ2n) is 3.47. The summed E-state index contributed by atoms with van der Waals surface area (Å²) >= 11 is 5.50. The van der Waals surface area contributed by atoms with Gasteiger partial charge in [0.15, 0.2) is 11.5 Å². The Morgan fingerprint density at radius 1 is 1.47 bits per heavy atom. The van der Waals surface area contributed by atoms with Crippen LogP contribution in [0.25, 0.3) is 0 Å². The van der Waals surface area contributed by atoms with Crippen LogP contribution in [-0.4, -0.2) is 35.6 Å². The SMILES string of the molecule is COc1cc([N+](=O)[O-])c(C(=O)O)cc1OCCCCl. The van der Waals surface area contributed by atoms with Crippen LogP contribution in [0.1, 0.15) is 16.8 Å². The average molecular weight is 290 g/mol. The van der Waals surface area contributed by atoms with E-state index < -0.39 is 22.1 Å². The number of benzene rings is 1. The average Bonchev–Trinajstić information content (AvgIpc) is 2.38. The van der Waals surface area contributed by atoms with Crippen molar-refractivity contribution in [3.63, 3.8) is 0 Å². The molecular formula is C11H12ClNO6. The Hall–Kier alpha value is -2.02. The molecule has 0 amide bonds. The molecule has 0 radical (unpaired) electrons. The van der Waals surface area contributed by atoms with E-state index in [2.05, 4.69) is 0 Å². The van der Waals surface area contributed by atoms with Crippen molar-refractivity contribution in [3.8, 4) is 11.5 Å². The number of carboxylic acid groups (broad SMARTS) is 1. The number of rotatable bonds is 7. The summed E-state index contributed by atoms with van der Waals surface area (Å²) in [6.07, 6.45) is 0.560. The lowest BCUT2D eigenvalue weighted by Gasteiger charge is -2.11. The van der Waals surface area contributed by atoms with Gasteiger partial charge < -0.3 is 14.6 Å². The van der Waals surface area contributed by atoms with Gasteiger partial charge >= 0.3 is 5.97 Å². The Morgan fingerprint density at radius 3 is 2.63 bits per heavy atom. The molecule has 0 unspecified atom stereocenters. The minimum atomic E-state index is -1.41. The predicted molar refractivity (Wildman–Crippen MR) is 67.4 cm³/mol. The number of nitro groups is 1. The molecule has 0 heterocycles. The molecule has 0 fully saturated rings. The molecule has 104 valence electrons. The third-order valence-electron chi connectivity index (χ3n) is 2.24. The van der Waals surface area contributed by atoms with Crippen LogP contribution in [0, 0.1) is 10.1 Å². The topological polar surface area (TPSA) is 98.9 Å². The summed E-state index contributed by atoms with van der Waals surface area (Å²) in [5, 5.41) is 19.7.